The van der Waals surface area contributed by atoms with Gasteiger partial charge in [0.2, 0.25) is 0 Å². The first-order valence-electron chi connectivity index (χ1n) is 6.29. The van der Waals surface area contributed by atoms with Gasteiger partial charge >= 0.3 is 6.09 Å². The topological polar surface area (TPSA) is 35.6 Å². The van der Waals surface area contributed by atoms with Crippen molar-refractivity contribution >= 4 is 23.1 Å². The van der Waals surface area contributed by atoms with Crippen LogP contribution in [0.5, 0.6) is 0 Å². The van der Waals surface area contributed by atoms with Gasteiger partial charge in [-0.2, -0.15) is 0 Å². The largest absolute Gasteiger partial charge is 0.443 e. The van der Waals surface area contributed by atoms with Gasteiger partial charge in [0.15, 0.2) is 6.20 Å². The maximum atomic E-state index is 12.2. The predicted molar refractivity (Wildman–Crippen MR) is 79.2 cm³/mol. The molecule has 0 bridgehead atoms. The molecule has 0 amide bonds. The zero-order chi connectivity index (χ0) is 14.8. The Morgan fingerprint density at radius 2 is 2.05 bits per heavy atom. The van der Waals surface area contributed by atoms with Crippen molar-refractivity contribution in [1.29, 1.82) is 0 Å². The quantitative estimate of drug-likeness (QED) is 0.722. The molecule has 0 atom stereocenters. The van der Waals surface area contributed by atoms with Gasteiger partial charge in [-0.1, -0.05) is 24.3 Å². The van der Waals surface area contributed by atoms with Crippen molar-refractivity contribution in [3.05, 3.63) is 53.6 Å². The van der Waals surface area contributed by atoms with Crippen molar-refractivity contribution < 1.29 is 9.53 Å². The average Bonchev–Trinajstić information content (AvgIpc) is 2.73. The molecule has 1 aromatic heterocycles. The fraction of sp³-hybridized carbons (Fsp3) is 0.250. The van der Waals surface area contributed by atoms with E-state index in [0.29, 0.717) is 0 Å². The Balaban J connectivity index is 2.52. The fourth-order valence-electron chi connectivity index (χ4n) is 1.92. The van der Waals surface area contributed by atoms with Crippen molar-refractivity contribution in [3.8, 4) is 0 Å². The molecule has 0 N–H and O–H groups in total. The number of ether oxygens (including phenoxy) is 1. The first-order chi connectivity index (χ1) is 9.42. The molecule has 4 heteroatoms. The summed E-state index contributed by atoms with van der Waals surface area (Å²) in [7, 11) is 0. The maximum Gasteiger partial charge on any atom is 0.419 e. The lowest BCUT2D eigenvalue weighted by Gasteiger charge is -2.19. The highest BCUT2D eigenvalue weighted by molar-refractivity contribution is 5.95. The lowest BCUT2D eigenvalue weighted by molar-refractivity contribution is 0.0544. The van der Waals surface area contributed by atoms with Gasteiger partial charge in [0.25, 0.3) is 0 Å². The van der Waals surface area contributed by atoms with Gasteiger partial charge in [0, 0.05) is 11.6 Å². The number of carbonyl (C=O) groups excluding carboxylic acids is 1. The van der Waals surface area contributed by atoms with Crippen molar-refractivity contribution in [2.45, 2.75) is 26.4 Å². The van der Waals surface area contributed by atoms with Gasteiger partial charge < -0.3 is 4.74 Å². The summed E-state index contributed by atoms with van der Waals surface area (Å²) in [5.74, 6) is 0. The second-order valence-corrected chi connectivity index (χ2v) is 5.40. The molecule has 0 saturated heterocycles. The molecule has 0 spiro atoms. The summed E-state index contributed by atoms with van der Waals surface area (Å²) in [5, 5.41) is 0.915. The van der Waals surface area contributed by atoms with Gasteiger partial charge in [-0.3, -0.25) is 4.57 Å². The normalized spacial score (nSPS) is 11.7. The molecule has 0 saturated carbocycles. The van der Waals surface area contributed by atoms with E-state index in [9.17, 15) is 4.79 Å². The highest BCUT2D eigenvalue weighted by atomic mass is 16.6. The number of hydrogen-bond donors (Lipinski definition) is 0. The van der Waals surface area contributed by atoms with Crippen LogP contribution >= 0.6 is 0 Å². The van der Waals surface area contributed by atoms with Crippen LogP contribution in [0.15, 0.2) is 36.7 Å². The van der Waals surface area contributed by atoms with Crippen LogP contribution in [-0.4, -0.2) is 16.3 Å². The lowest BCUT2D eigenvalue weighted by atomic mass is 10.2. The van der Waals surface area contributed by atoms with Gasteiger partial charge in [0.05, 0.1) is 12.1 Å². The molecule has 2 aromatic rings. The smallest absolute Gasteiger partial charge is 0.419 e. The molecular formula is C16H16N2O2. The summed E-state index contributed by atoms with van der Waals surface area (Å²) < 4.78 is 6.87. The summed E-state index contributed by atoms with van der Waals surface area (Å²) in [6.45, 7) is 12.3. The van der Waals surface area contributed by atoms with Crippen LogP contribution in [0.1, 0.15) is 26.3 Å². The van der Waals surface area contributed by atoms with E-state index in [2.05, 4.69) is 4.85 Å². The Kier molecular flexibility index (Phi) is 3.62. The summed E-state index contributed by atoms with van der Waals surface area (Å²) in [5.41, 5.74) is 1.04. The van der Waals surface area contributed by atoms with Crippen LogP contribution in [0.3, 0.4) is 0 Å². The minimum atomic E-state index is -0.547. The molecule has 0 fully saturated rings. The zero-order valence-electron chi connectivity index (χ0n) is 11.8. The van der Waals surface area contributed by atoms with E-state index in [1.165, 1.54) is 10.8 Å². The standard InChI is InChI=1S/C16H16N2O2/c1-16(2,3)20-15(19)18-11-12(9-10-17-4)13-7-5-6-8-14(13)18/h5-11H,1-3H3/b10-9+. The van der Waals surface area contributed by atoms with E-state index in [0.717, 1.165) is 16.5 Å². The van der Waals surface area contributed by atoms with E-state index in [-0.39, 0.29) is 0 Å². The van der Waals surface area contributed by atoms with E-state index < -0.39 is 11.7 Å². The van der Waals surface area contributed by atoms with E-state index in [1.807, 2.05) is 45.0 Å². The maximum absolute atomic E-state index is 12.2. The minimum absolute atomic E-state index is 0.420. The van der Waals surface area contributed by atoms with E-state index in [1.54, 1.807) is 12.3 Å². The van der Waals surface area contributed by atoms with Crippen molar-refractivity contribution in [2.24, 2.45) is 0 Å². The van der Waals surface area contributed by atoms with Gasteiger partial charge in [0.1, 0.15) is 5.60 Å². The number of fused-ring (bicyclic) bond motifs is 1. The summed E-state index contributed by atoms with van der Waals surface area (Å²) in [6.07, 6.45) is 4.34. The van der Waals surface area contributed by atoms with E-state index in [4.69, 9.17) is 11.3 Å². The molecule has 0 unspecified atom stereocenters. The molecule has 0 aliphatic rings. The van der Waals surface area contributed by atoms with Crippen molar-refractivity contribution in [2.75, 3.05) is 0 Å². The Morgan fingerprint density at radius 1 is 1.35 bits per heavy atom. The van der Waals surface area contributed by atoms with Gasteiger partial charge in [-0.05, 0) is 32.4 Å². The van der Waals surface area contributed by atoms with Crippen molar-refractivity contribution in [1.82, 2.24) is 4.57 Å². The number of rotatable bonds is 1. The fourth-order valence-corrected chi connectivity index (χ4v) is 1.92. The molecular weight excluding hydrogens is 252 g/mol. The third-order valence-electron chi connectivity index (χ3n) is 2.66. The third kappa shape index (κ3) is 2.89. The summed E-state index contributed by atoms with van der Waals surface area (Å²) in [6, 6.07) is 7.54. The van der Waals surface area contributed by atoms with Crippen LogP contribution < -0.4 is 0 Å². The number of carbonyl (C=O) groups is 1. The molecule has 1 aromatic carbocycles. The molecule has 20 heavy (non-hydrogen) atoms. The van der Waals surface area contributed by atoms with Crippen LogP contribution in [-0.2, 0) is 4.74 Å². The predicted octanol–water partition coefficient (Wildman–Crippen LogP) is 4.31. The first kappa shape index (κ1) is 13.9. The van der Waals surface area contributed by atoms with Gasteiger partial charge in [-0.15, -0.1) is 0 Å². The molecule has 0 aliphatic heterocycles. The lowest BCUT2D eigenvalue weighted by Crippen LogP contribution is -2.26. The Hall–Kier alpha value is -2.54. The highest BCUT2D eigenvalue weighted by Crippen LogP contribution is 2.23. The molecule has 2 rings (SSSR count). The number of benzene rings is 1. The molecule has 102 valence electrons. The molecule has 0 radical (unpaired) electrons. The van der Waals surface area contributed by atoms with Gasteiger partial charge in [-0.25, -0.2) is 9.64 Å². The number of nitrogens with zero attached hydrogens (tertiary/aromatic N) is 2. The Morgan fingerprint density at radius 3 is 2.70 bits per heavy atom. The first-order valence-corrected chi connectivity index (χ1v) is 6.29. The van der Waals surface area contributed by atoms with Crippen LogP contribution in [0.25, 0.3) is 21.8 Å². The van der Waals surface area contributed by atoms with Crippen LogP contribution in [0.2, 0.25) is 0 Å². The second-order valence-electron chi connectivity index (χ2n) is 5.40. The molecule has 1 heterocycles. The summed E-state index contributed by atoms with van der Waals surface area (Å²) in [4.78, 5) is 15.4. The monoisotopic (exact) mass is 268 g/mol. The van der Waals surface area contributed by atoms with Crippen molar-refractivity contribution in [3.63, 3.8) is 0 Å². The zero-order valence-corrected chi connectivity index (χ0v) is 11.8. The van der Waals surface area contributed by atoms with Crippen LogP contribution in [0.4, 0.5) is 4.79 Å². The summed E-state index contributed by atoms with van der Waals surface area (Å²) >= 11 is 0. The number of aromatic nitrogens is 1. The number of hydrogen-bond acceptors (Lipinski definition) is 2. The van der Waals surface area contributed by atoms with E-state index >= 15 is 0 Å². The molecule has 0 aliphatic carbocycles. The Bertz CT molecular complexity index is 712. The number of para-hydroxylation sites is 1. The average molecular weight is 268 g/mol. The highest BCUT2D eigenvalue weighted by Gasteiger charge is 2.19. The molecule has 4 nitrogen and oxygen atoms in total. The van der Waals surface area contributed by atoms with Crippen LogP contribution in [0, 0.1) is 6.57 Å². The SMILES string of the molecule is [C-]#[N+]/C=C/c1cn(C(=O)OC(C)(C)C)c2ccccc12. The third-order valence-corrected chi connectivity index (χ3v) is 2.66. The minimum Gasteiger partial charge on any atom is -0.443 e. The Labute approximate surface area is 118 Å². The second kappa shape index (κ2) is 5.22.